The van der Waals surface area contributed by atoms with E-state index in [-0.39, 0.29) is 18.1 Å². The van der Waals surface area contributed by atoms with Gasteiger partial charge in [-0.25, -0.2) is 0 Å². The van der Waals surface area contributed by atoms with Gasteiger partial charge < -0.3 is 9.47 Å². The van der Waals surface area contributed by atoms with Crippen LogP contribution >= 0.6 is 0 Å². The summed E-state index contributed by atoms with van der Waals surface area (Å²) in [4.78, 5) is 0. The fourth-order valence-corrected chi connectivity index (χ4v) is 3.74. The van der Waals surface area contributed by atoms with Gasteiger partial charge in [0.1, 0.15) is 11.9 Å². The van der Waals surface area contributed by atoms with E-state index in [9.17, 15) is 0 Å². The third-order valence-electron chi connectivity index (χ3n) is 4.61. The molecule has 2 aliphatic rings. The molecule has 0 saturated carbocycles. The Hall–Kier alpha value is -2.13. The van der Waals surface area contributed by atoms with Crippen LogP contribution in [0.15, 0.2) is 60.5 Å². The van der Waals surface area contributed by atoms with Crippen molar-refractivity contribution >= 4 is 0 Å². The second-order valence-corrected chi connectivity index (χ2v) is 5.53. The topological polar surface area (TPSA) is 22.3 Å². The molecule has 0 fully saturated rings. The lowest BCUT2D eigenvalue weighted by atomic mass is 9.83. The molecule has 0 spiro atoms. The summed E-state index contributed by atoms with van der Waals surface area (Å²) in [7, 11) is 3.48. The van der Waals surface area contributed by atoms with E-state index in [1.165, 1.54) is 16.8 Å². The van der Waals surface area contributed by atoms with E-state index >= 15 is 0 Å². The van der Waals surface area contributed by atoms with Gasteiger partial charge >= 0.3 is 0 Å². The SMILES string of the molecule is COC1=CC2C(c3ccccc3-c3cccc[n+]32)C1OC. The number of benzene rings is 1. The van der Waals surface area contributed by atoms with Gasteiger partial charge in [0, 0.05) is 25.3 Å². The Balaban J connectivity index is 1.98. The van der Waals surface area contributed by atoms with Crippen molar-refractivity contribution in [1.29, 1.82) is 0 Å². The van der Waals surface area contributed by atoms with Crippen LogP contribution < -0.4 is 4.57 Å². The van der Waals surface area contributed by atoms with Gasteiger partial charge in [-0.15, -0.1) is 0 Å². The van der Waals surface area contributed by atoms with Gasteiger partial charge in [0.15, 0.2) is 12.2 Å². The van der Waals surface area contributed by atoms with E-state index in [1.807, 2.05) is 0 Å². The standard InChI is InChI=1S/C18H18NO2/c1-20-16-11-15-17(18(16)21-2)13-8-4-3-7-12(13)14-9-5-6-10-19(14)15/h3-11,15,17-18H,1-2H3/q+1. The van der Waals surface area contributed by atoms with Crippen LogP contribution in [0.5, 0.6) is 0 Å². The van der Waals surface area contributed by atoms with E-state index in [0.717, 1.165) is 5.76 Å². The van der Waals surface area contributed by atoms with Gasteiger partial charge in [0.05, 0.1) is 18.6 Å². The molecule has 1 aromatic carbocycles. The second kappa shape index (κ2) is 4.71. The molecule has 3 atom stereocenters. The Morgan fingerprint density at radius 1 is 1.00 bits per heavy atom. The fraction of sp³-hybridized carbons (Fsp3) is 0.278. The minimum atomic E-state index is -0.0259. The summed E-state index contributed by atoms with van der Waals surface area (Å²) in [5, 5.41) is 0. The number of nitrogens with zero attached hydrogens (tertiary/aromatic N) is 1. The number of rotatable bonds is 2. The third-order valence-corrected chi connectivity index (χ3v) is 4.61. The van der Waals surface area contributed by atoms with Gasteiger partial charge in [-0.1, -0.05) is 18.2 Å². The summed E-state index contributed by atoms with van der Waals surface area (Å²) in [6, 6.07) is 15.2. The maximum Gasteiger partial charge on any atom is 0.213 e. The molecule has 21 heavy (non-hydrogen) atoms. The van der Waals surface area contributed by atoms with Crippen LogP contribution in [0.2, 0.25) is 0 Å². The number of allylic oxidation sites excluding steroid dienone is 1. The van der Waals surface area contributed by atoms with Gasteiger partial charge in [-0.2, -0.15) is 4.57 Å². The Kier molecular flexibility index (Phi) is 2.82. The van der Waals surface area contributed by atoms with E-state index in [4.69, 9.17) is 9.47 Å². The summed E-state index contributed by atoms with van der Waals surface area (Å²) in [5.74, 6) is 1.19. The predicted molar refractivity (Wildman–Crippen MR) is 79.7 cm³/mol. The van der Waals surface area contributed by atoms with Crippen LogP contribution in [0.4, 0.5) is 0 Å². The molecule has 4 rings (SSSR count). The first-order valence-corrected chi connectivity index (χ1v) is 7.23. The third kappa shape index (κ3) is 1.67. The highest BCUT2D eigenvalue weighted by Gasteiger charge is 2.49. The molecule has 3 nitrogen and oxygen atoms in total. The maximum absolute atomic E-state index is 5.75. The van der Waals surface area contributed by atoms with Gasteiger partial charge in [0.25, 0.3) is 0 Å². The molecule has 3 heteroatoms. The minimum Gasteiger partial charge on any atom is -0.498 e. The van der Waals surface area contributed by atoms with Gasteiger partial charge in [0.2, 0.25) is 5.69 Å². The zero-order valence-electron chi connectivity index (χ0n) is 12.2. The van der Waals surface area contributed by atoms with Crippen LogP contribution in [-0.4, -0.2) is 20.3 Å². The van der Waals surface area contributed by atoms with Gasteiger partial charge in [-0.3, -0.25) is 0 Å². The second-order valence-electron chi connectivity index (χ2n) is 5.53. The molecule has 1 aliphatic heterocycles. The van der Waals surface area contributed by atoms with E-state index in [1.54, 1.807) is 14.2 Å². The maximum atomic E-state index is 5.75. The van der Waals surface area contributed by atoms with Crippen LogP contribution in [0.25, 0.3) is 11.3 Å². The quantitative estimate of drug-likeness (QED) is 0.789. The van der Waals surface area contributed by atoms with Crippen molar-refractivity contribution in [1.82, 2.24) is 0 Å². The first-order valence-electron chi connectivity index (χ1n) is 7.23. The highest BCUT2D eigenvalue weighted by molar-refractivity contribution is 5.64. The molecule has 0 radical (unpaired) electrons. The normalized spacial score (nSPS) is 25.6. The molecular weight excluding hydrogens is 262 g/mol. The van der Waals surface area contributed by atoms with Gasteiger partial charge in [-0.05, 0) is 17.7 Å². The van der Waals surface area contributed by atoms with Crippen molar-refractivity contribution in [2.75, 3.05) is 14.2 Å². The highest BCUT2D eigenvalue weighted by atomic mass is 16.5. The zero-order chi connectivity index (χ0) is 14.4. The zero-order valence-corrected chi connectivity index (χ0v) is 12.2. The number of methoxy groups -OCH3 is 2. The highest BCUT2D eigenvalue weighted by Crippen LogP contribution is 2.47. The largest absolute Gasteiger partial charge is 0.498 e. The number of aromatic nitrogens is 1. The Morgan fingerprint density at radius 2 is 1.81 bits per heavy atom. The fourth-order valence-electron chi connectivity index (χ4n) is 3.74. The summed E-state index contributed by atoms with van der Waals surface area (Å²) < 4.78 is 13.6. The lowest BCUT2D eigenvalue weighted by Gasteiger charge is -2.28. The lowest BCUT2D eigenvalue weighted by molar-refractivity contribution is -0.706. The number of pyridine rings is 1. The smallest absolute Gasteiger partial charge is 0.213 e. The van der Waals surface area contributed by atoms with Crippen LogP contribution in [0, 0.1) is 0 Å². The first-order chi connectivity index (χ1) is 10.3. The Morgan fingerprint density at radius 3 is 2.62 bits per heavy atom. The molecule has 2 aromatic rings. The molecule has 0 saturated heterocycles. The first kappa shape index (κ1) is 12.6. The average molecular weight is 280 g/mol. The van der Waals surface area contributed by atoms with Crippen molar-refractivity contribution < 1.29 is 14.0 Å². The van der Waals surface area contributed by atoms with Crippen molar-refractivity contribution in [3.8, 4) is 11.3 Å². The predicted octanol–water partition coefficient (Wildman–Crippen LogP) is 2.84. The van der Waals surface area contributed by atoms with Crippen LogP contribution in [-0.2, 0) is 9.47 Å². The van der Waals surface area contributed by atoms with Crippen molar-refractivity contribution in [3.63, 3.8) is 0 Å². The number of fused-ring (bicyclic) bond motifs is 6. The summed E-state index contributed by atoms with van der Waals surface area (Å²) in [6.07, 6.45) is 4.31. The Bertz CT molecular complexity index is 723. The van der Waals surface area contributed by atoms with Crippen molar-refractivity contribution in [3.05, 3.63) is 66.1 Å². The van der Waals surface area contributed by atoms with E-state index < -0.39 is 0 Å². The van der Waals surface area contributed by atoms with E-state index in [0.29, 0.717) is 0 Å². The molecule has 3 unspecified atom stereocenters. The minimum absolute atomic E-state index is 0.0259. The number of ether oxygens (including phenoxy) is 2. The lowest BCUT2D eigenvalue weighted by Crippen LogP contribution is -2.47. The molecule has 1 aromatic heterocycles. The van der Waals surface area contributed by atoms with Crippen molar-refractivity contribution in [2.24, 2.45) is 0 Å². The van der Waals surface area contributed by atoms with Crippen LogP contribution in [0.1, 0.15) is 17.5 Å². The van der Waals surface area contributed by atoms with Crippen molar-refractivity contribution in [2.45, 2.75) is 18.1 Å². The molecule has 0 N–H and O–H groups in total. The monoisotopic (exact) mass is 280 g/mol. The summed E-state index contributed by atoms with van der Waals surface area (Å²) >= 11 is 0. The molecule has 1 aliphatic carbocycles. The Labute approximate surface area is 124 Å². The molecule has 0 amide bonds. The molecule has 2 heterocycles. The molecular formula is C18H18NO2+. The summed E-state index contributed by atoms with van der Waals surface area (Å²) in [5.41, 5.74) is 3.87. The number of hydrogen-bond donors (Lipinski definition) is 0. The average Bonchev–Trinajstić information content (AvgIpc) is 2.94. The molecule has 106 valence electrons. The van der Waals surface area contributed by atoms with E-state index in [2.05, 4.69) is 59.3 Å². The number of hydrogen-bond acceptors (Lipinski definition) is 2. The summed E-state index contributed by atoms with van der Waals surface area (Å²) in [6.45, 7) is 0. The van der Waals surface area contributed by atoms with Crippen LogP contribution in [0.3, 0.4) is 0 Å². The molecule has 0 bridgehead atoms.